The standard InChI is InChI=1S/C16H14N4O4/c21-16(15-5-6-18-24-15)19-11-7-17-20(8-11)9-12-10-22-13-3-1-2-4-14(13)23-12/h1-8,12H,9-10H2,(H,19,21)/t12-/m0/s1. The molecule has 0 saturated heterocycles. The van der Waals surface area contributed by atoms with Gasteiger partial charge in [-0.15, -0.1) is 0 Å². The van der Waals surface area contributed by atoms with Crippen molar-refractivity contribution in [2.45, 2.75) is 12.6 Å². The number of nitrogens with zero attached hydrogens (tertiary/aromatic N) is 3. The second-order valence-corrected chi connectivity index (χ2v) is 5.28. The summed E-state index contributed by atoms with van der Waals surface area (Å²) in [6.45, 7) is 0.948. The van der Waals surface area contributed by atoms with Crippen LogP contribution in [0.15, 0.2) is 53.4 Å². The predicted molar refractivity (Wildman–Crippen MR) is 83.0 cm³/mol. The molecule has 0 unspecified atom stereocenters. The van der Waals surface area contributed by atoms with Crippen molar-refractivity contribution < 1.29 is 18.8 Å². The summed E-state index contributed by atoms with van der Waals surface area (Å²) in [4.78, 5) is 11.9. The van der Waals surface area contributed by atoms with Gasteiger partial charge in [0.25, 0.3) is 5.91 Å². The Morgan fingerprint density at radius 3 is 3.00 bits per heavy atom. The van der Waals surface area contributed by atoms with Crippen molar-refractivity contribution in [1.29, 1.82) is 0 Å². The highest BCUT2D eigenvalue weighted by Gasteiger charge is 2.21. The summed E-state index contributed by atoms with van der Waals surface area (Å²) in [7, 11) is 0. The summed E-state index contributed by atoms with van der Waals surface area (Å²) in [6, 6.07) is 9.03. The number of fused-ring (bicyclic) bond motifs is 1. The van der Waals surface area contributed by atoms with Crippen LogP contribution in [0, 0.1) is 0 Å². The number of hydrogen-bond donors (Lipinski definition) is 1. The van der Waals surface area contributed by atoms with E-state index in [1.165, 1.54) is 12.3 Å². The van der Waals surface area contributed by atoms with Crippen LogP contribution in [0.25, 0.3) is 0 Å². The summed E-state index contributed by atoms with van der Waals surface area (Å²) >= 11 is 0. The molecule has 4 rings (SSSR count). The lowest BCUT2D eigenvalue weighted by Gasteiger charge is -2.26. The zero-order valence-corrected chi connectivity index (χ0v) is 12.6. The van der Waals surface area contributed by atoms with E-state index in [1.807, 2.05) is 24.3 Å². The molecule has 1 amide bonds. The number of hydrogen-bond acceptors (Lipinski definition) is 6. The first kappa shape index (κ1) is 14.3. The van der Waals surface area contributed by atoms with Gasteiger partial charge < -0.3 is 19.3 Å². The van der Waals surface area contributed by atoms with E-state index in [0.717, 1.165) is 11.5 Å². The van der Waals surface area contributed by atoms with Gasteiger partial charge in [0.2, 0.25) is 5.76 Å². The smallest absolute Gasteiger partial charge is 0.294 e. The highest BCUT2D eigenvalue weighted by Crippen LogP contribution is 2.31. The van der Waals surface area contributed by atoms with E-state index in [9.17, 15) is 4.79 Å². The van der Waals surface area contributed by atoms with Crippen LogP contribution in [0.5, 0.6) is 11.5 Å². The number of benzene rings is 1. The minimum atomic E-state index is -0.377. The molecule has 8 heteroatoms. The molecule has 3 heterocycles. The molecule has 8 nitrogen and oxygen atoms in total. The molecule has 0 spiro atoms. The number of aromatic nitrogens is 3. The number of nitrogens with one attached hydrogen (secondary N) is 1. The van der Waals surface area contributed by atoms with Gasteiger partial charge in [-0.1, -0.05) is 17.3 Å². The van der Waals surface area contributed by atoms with Gasteiger partial charge in [0.05, 0.1) is 24.6 Å². The first-order valence-corrected chi connectivity index (χ1v) is 7.41. The average Bonchev–Trinajstić information content (AvgIpc) is 3.27. The summed E-state index contributed by atoms with van der Waals surface area (Å²) in [5, 5.41) is 10.4. The topological polar surface area (TPSA) is 91.4 Å². The Hall–Kier alpha value is -3.29. The molecule has 1 atom stereocenters. The Bertz CT molecular complexity index is 843. The van der Waals surface area contributed by atoms with Gasteiger partial charge in [0, 0.05) is 12.3 Å². The summed E-state index contributed by atoms with van der Waals surface area (Å²) in [5.41, 5.74) is 0.563. The summed E-state index contributed by atoms with van der Waals surface area (Å²) < 4.78 is 18.1. The Morgan fingerprint density at radius 1 is 1.29 bits per heavy atom. The molecule has 24 heavy (non-hydrogen) atoms. The van der Waals surface area contributed by atoms with Crippen LogP contribution in [0.3, 0.4) is 0 Å². The van der Waals surface area contributed by atoms with E-state index in [4.69, 9.17) is 14.0 Å². The van der Waals surface area contributed by atoms with Crippen molar-refractivity contribution in [2.75, 3.05) is 11.9 Å². The van der Waals surface area contributed by atoms with Crippen molar-refractivity contribution in [2.24, 2.45) is 0 Å². The maximum atomic E-state index is 11.9. The Kier molecular flexibility index (Phi) is 3.62. The second-order valence-electron chi connectivity index (χ2n) is 5.28. The molecular weight excluding hydrogens is 312 g/mol. The van der Waals surface area contributed by atoms with Gasteiger partial charge in [-0.3, -0.25) is 9.48 Å². The SMILES string of the molecule is O=C(Nc1cnn(C[C@H]2COc3ccccc3O2)c1)c1ccno1. The largest absolute Gasteiger partial charge is 0.486 e. The minimum Gasteiger partial charge on any atom is -0.486 e. The van der Waals surface area contributed by atoms with Gasteiger partial charge in [-0.05, 0) is 12.1 Å². The fraction of sp³-hybridized carbons (Fsp3) is 0.188. The highest BCUT2D eigenvalue weighted by atomic mass is 16.6. The van der Waals surface area contributed by atoms with Crippen molar-refractivity contribution in [1.82, 2.24) is 14.9 Å². The van der Waals surface area contributed by atoms with Crippen LogP contribution < -0.4 is 14.8 Å². The van der Waals surface area contributed by atoms with E-state index in [2.05, 4.69) is 15.6 Å². The van der Waals surface area contributed by atoms with E-state index in [-0.39, 0.29) is 17.8 Å². The van der Waals surface area contributed by atoms with Crippen LogP contribution in [-0.2, 0) is 6.54 Å². The number of rotatable bonds is 4. The number of carbonyl (C=O) groups excluding carboxylic acids is 1. The van der Waals surface area contributed by atoms with E-state index < -0.39 is 0 Å². The first-order valence-electron chi connectivity index (χ1n) is 7.41. The number of ether oxygens (including phenoxy) is 2. The molecule has 0 bridgehead atoms. The van der Waals surface area contributed by atoms with Crippen molar-refractivity contribution in [3.63, 3.8) is 0 Å². The summed E-state index contributed by atoms with van der Waals surface area (Å²) in [5.74, 6) is 1.23. The molecule has 122 valence electrons. The van der Waals surface area contributed by atoms with Gasteiger partial charge in [0.1, 0.15) is 6.61 Å². The van der Waals surface area contributed by atoms with Crippen LogP contribution in [-0.4, -0.2) is 33.6 Å². The van der Waals surface area contributed by atoms with Gasteiger partial charge in [-0.2, -0.15) is 5.10 Å². The molecule has 2 aromatic heterocycles. The molecule has 0 radical (unpaired) electrons. The Morgan fingerprint density at radius 2 is 2.17 bits per heavy atom. The van der Waals surface area contributed by atoms with Gasteiger partial charge in [0.15, 0.2) is 17.6 Å². The highest BCUT2D eigenvalue weighted by molar-refractivity contribution is 6.01. The third kappa shape index (κ3) is 2.94. The maximum Gasteiger partial charge on any atom is 0.294 e. The van der Waals surface area contributed by atoms with Crippen LogP contribution in [0.4, 0.5) is 5.69 Å². The molecule has 1 N–H and O–H groups in total. The fourth-order valence-corrected chi connectivity index (χ4v) is 2.42. The second kappa shape index (κ2) is 6.07. The van der Waals surface area contributed by atoms with Crippen LogP contribution in [0.2, 0.25) is 0 Å². The molecule has 1 aliphatic heterocycles. The number of carbonyl (C=O) groups is 1. The third-order valence-electron chi connectivity index (χ3n) is 3.51. The van der Waals surface area contributed by atoms with Gasteiger partial charge in [-0.25, -0.2) is 0 Å². The van der Waals surface area contributed by atoms with Gasteiger partial charge >= 0.3 is 0 Å². The maximum absolute atomic E-state index is 11.9. The monoisotopic (exact) mass is 326 g/mol. The molecule has 0 aliphatic carbocycles. The first-order chi connectivity index (χ1) is 11.8. The lowest BCUT2D eigenvalue weighted by atomic mass is 10.2. The predicted octanol–water partition coefficient (Wildman–Crippen LogP) is 1.96. The zero-order chi connectivity index (χ0) is 16.4. The number of amides is 1. The lowest BCUT2D eigenvalue weighted by molar-refractivity contribution is 0.0759. The van der Waals surface area contributed by atoms with E-state index >= 15 is 0 Å². The van der Waals surface area contributed by atoms with E-state index in [0.29, 0.717) is 18.8 Å². The molecule has 0 fully saturated rings. The number of para-hydroxylation sites is 2. The molecule has 3 aromatic rings. The number of anilines is 1. The Balaban J connectivity index is 1.38. The van der Waals surface area contributed by atoms with Crippen LogP contribution >= 0.6 is 0 Å². The fourth-order valence-electron chi connectivity index (χ4n) is 2.42. The van der Waals surface area contributed by atoms with Crippen molar-refractivity contribution in [3.05, 3.63) is 54.7 Å². The van der Waals surface area contributed by atoms with E-state index in [1.54, 1.807) is 17.1 Å². The average molecular weight is 326 g/mol. The quantitative estimate of drug-likeness (QED) is 0.788. The molecular formula is C16H14N4O4. The normalized spacial score (nSPS) is 15.9. The molecule has 1 aliphatic rings. The van der Waals surface area contributed by atoms with Crippen LogP contribution in [0.1, 0.15) is 10.6 Å². The Labute approximate surface area is 137 Å². The minimum absolute atomic E-state index is 0.142. The molecule has 1 aromatic carbocycles. The zero-order valence-electron chi connectivity index (χ0n) is 12.6. The van der Waals surface area contributed by atoms with Crippen molar-refractivity contribution >= 4 is 11.6 Å². The third-order valence-corrected chi connectivity index (χ3v) is 3.51. The lowest BCUT2D eigenvalue weighted by Crippen LogP contribution is -2.33. The summed E-state index contributed by atoms with van der Waals surface area (Å²) in [6.07, 6.45) is 4.54. The molecule has 0 saturated carbocycles. The van der Waals surface area contributed by atoms with Crippen molar-refractivity contribution in [3.8, 4) is 11.5 Å².